The molecular weight excluding hydrogens is 176 g/mol. The van der Waals surface area contributed by atoms with E-state index in [1.165, 1.54) is 0 Å². The number of carbonyl (C=O) groups excluding carboxylic acids is 1. The van der Waals surface area contributed by atoms with Crippen molar-refractivity contribution >= 4 is 5.97 Å². The zero-order valence-electron chi connectivity index (χ0n) is 8.48. The standard InChI is InChI=1S/C12H16O2/c1-3-6-14-12(13)11-8(2)9-4-5-10(11)7-9/h3-5,8-11H,1,6-7H2,2H3/t8-,9+,10-,11+/m0/s1. The van der Waals surface area contributed by atoms with Crippen LogP contribution in [0.5, 0.6) is 0 Å². The molecule has 0 amide bonds. The third-order valence-electron chi connectivity index (χ3n) is 3.47. The number of hydrogen-bond acceptors (Lipinski definition) is 2. The normalized spacial score (nSPS) is 38.6. The Morgan fingerprint density at radius 3 is 2.86 bits per heavy atom. The van der Waals surface area contributed by atoms with Crippen molar-refractivity contribution in [3.63, 3.8) is 0 Å². The lowest BCUT2D eigenvalue weighted by Crippen LogP contribution is -2.27. The molecule has 2 heteroatoms. The van der Waals surface area contributed by atoms with E-state index in [0.29, 0.717) is 24.4 Å². The Hall–Kier alpha value is -1.05. The molecule has 0 aliphatic heterocycles. The lowest BCUT2D eigenvalue weighted by Gasteiger charge is -2.22. The summed E-state index contributed by atoms with van der Waals surface area (Å²) in [6.07, 6.45) is 7.16. The van der Waals surface area contributed by atoms with Crippen molar-refractivity contribution in [3.8, 4) is 0 Å². The molecule has 76 valence electrons. The van der Waals surface area contributed by atoms with Crippen LogP contribution in [0, 0.1) is 23.7 Å². The second kappa shape index (κ2) is 3.60. The van der Waals surface area contributed by atoms with Crippen LogP contribution >= 0.6 is 0 Å². The van der Waals surface area contributed by atoms with Gasteiger partial charge in [0.25, 0.3) is 0 Å². The van der Waals surface area contributed by atoms with Gasteiger partial charge in [-0.1, -0.05) is 31.7 Å². The SMILES string of the molecule is C=CCOC(=O)[C@@H]1[C@@H](C)[C@@H]2C=C[C@H]1C2. The molecule has 2 rings (SSSR count). The first-order valence-electron chi connectivity index (χ1n) is 5.20. The molecule has 2 aliphatic rings. The summed E-state index contributed by atoms with van der Waals surface area (Å²) in [5.41, 5.74) is 0. The Morgan fingerprint density at radius 1 is 1.57 bits per heavy atom. The maximum absolute atomic E-state index is 11.7. The molecule has 0 saturated heterocycles. The number of hydrogen-bond donors (Lipinski definition) is 0. The number of esters is 1. The number of carbonyl (C=O) groups is 1. The average molecular weight is 192 g/mol. The van der Waals surface area contributed by atoms with Gasteiger partial charge in [-0.15, -0.1) is 0 Å². The van der Waals surface area contributed by atoms with E-state index in [4.69, 9.17) is 4.74 Å². The minimum absolute atomic E-state index is 0.0470. The Labute approximate surface area is 84.6 Å². The number of rotatable bonds is 3. The third kappa shape index (κ3) is 1.39. The van der Waals surface area contributed by atoms with Gasteiger partial charge in [0.15, 0.2) is 0 Å². The topological polar surface area (TPSA) is 26.3 Å². The van der Waals surface area contributed by atoms with Crippen LogP contribution in [0.1, 0.15) is 13.3 Å². The fourth-order valence-electron chi connectivity index (χ4n) is 2.70. The monoisotopic (exact) mass is 192 g/mol. The summed E-state index contributed by atoms with van der Waals surface area (Å²) in [7, 11) is 0. The first kappa shape index (κ1) is 9.50. The van der Waals surface area contributed by atoms with Crippen molar-refractivity contribution in [3.05, 3.63) is 24.8 Å². The van der Waals surface area contributed by atoms with Crippen LogP contribution in [0.2, 0.25) is 0 Å². The van der Waals surface area contributed by atoms with Crippen LogP contribution in [0.15, 0.2) is 24.8 Å². The molecule has 0 aromatic rings. The highest BCUT2D eigenvalue weighted by Gasteiger charge is 2.46. The fourth-order valence-corrected chi connectivity index (χ4v) is 2.70. The Bertz CT molecular complexity index is 280. The Balaban J connectivity index is 2.01. The van der Waals surface area contributed by atoms with E-state index < -0.39 is 0 Å². The summed E-state index contributed by atoms with van der Waals surface area (Å²) in [5, 5.41) is 0. The average Bonchev–Trinajstić information content (AvgIpc) is 2.74. The van der Waals surface area contributed by atoms with Crippen LogP contribution in [-0.2, 0) is 9.53 Å². The highest BCUT2D eigenvalue weighted by molar-refractivity contribution is 5.74. The molecular formula is C12H16O2. The predicted octanol–water partition coefficient (Wildman–Crippen LogP) is 2.17. The highest BCUT2D eigenvalue weighted by atomic mass is 16.5. The maximum Gasteiger partial charge on any atom is 0.310 e. The Kier molecular flexibility index (Phi) is 2.44. The number of fused-ring (bicyclic) bond motifs is 2. The summed E-state index contributed by atoms with van der Waals surface area (Å²) in [5.74, 6) is 1.51. The molecule has 0 unspecified atom stereocenters. The molecule has 0 aromatic carbocycles. The molecule has 2 aliphatic carbocycles. The minimum atomic E-state index is -0.0470. The van der Waals surface area contributed by atoms with Gasteiger partial charge in [0, 0.05) is 0 Å². The molecule has 2 bridgehead atoms. The highest BCUT2D eigenvalue weighted by Crippen LogP contribution is 2.48. The van der Waals surface area contributed by atoms with E-state index in [0.717, 1.165) is 6.42 Å². The first-order valence-corrected chi connectivity index (χ1v) is 5.20. The van der Waals surface area contributed by atoms with E-state index in [1.807, 2.05) is 0 Å². The molecule has 1 saturated carbocycles. The van der Waals surface area contributed by atoms with Gasteiger partial charge < -0.3 is 4.74 Å². The van der Waals surface area contributed by atoms with Crippen LogP contribution in [0.3, 0.4) is 0 Å². The second-order valence-corrected chi connectivity index (χ2v) is 4.25. The molecule has 14 heavy (non-hydrogen) atoms. The Morgan fingerprint density at radius 2 is 2.29 bits per heavy atom. The summed E-state index contributed by atoms with van der Waals surface area (Å²) < 4.78 is 5.11. The van der Waals surface area contributed by atoms with Gasteiger partial charge in [0.1, 0.15) is 6.61 Å². The van der Waals surface area contributed by atoms with Gasteiger partial charge in [0.2, 0.25) is 0 Å². The van der Waals surface area contributed by atoms with Crippen molar-refractivity contribution in [2.45, 2.75) is 13.3 Å². The van der Waals surface area contributed by atoms with Crippen LogP contribution in [0.25, 0.3) is 0 Å². The zero-order chi connectivity index (χ0) is 10.1. The second-order valence-electron chi connectivity index (χ2n) is 4.25. The first-order chi connectivity index (χ1) is 6.74. The summed E-state index contributed by atoms with van der Waals surface area (Å²) in [6, 6.07) is 0. The van der Waals surface area contributed by atoms with E-state index in [9.17, 15) is 4.79 Å². The third-order valence-corrected chi connectivity index (χ3v) is 3.47. The molecule has 0 N–H and O–H groups in total. The van der Waals surface area contributed by atoms with Gasteiger partial charge in [-0.25, -0.2) is 0 Å². The van der Waals surface area contributed by atoms with Crippen LogP contribution in [-0.4, -0.2) is 12.6 Å². The molecule has 0 aromatic heterocycles. The smallest absolute Gasteiger partial charge is 0.310 e. The van der Waals surface area contributed by atoms with Crippen LogP contribution in [0.4, 0.5) is 0 Å². The molecule has 4 atom stereocenters. The number of ether oxygens (including phenoxy) is 1. The molecule has 0 spiro atoms. The quantitative estimate of drug-likeness (QED) is 0.506. The van der Waals surface area contributed by atoms with Gasteiger partial charge in [-0.2, -0.15) is 0 Å². The molecule has 2 nitrogen and oxygen atoms in total. The van der Waals surface area contributed by atoms with Gasteiger partial charge >= 0.3 is 5.97 Å². The lowest BCUT2D eigenvalue weighted by molar-refractivity contribution is -0.149. The summed E-state index contributed by atoms with van der Waals surface area (Å²) in [6.45, 7) is 6.02. The van der Waals surface area contributed by atoms with Gasteiger partial charge in [0.05, 0.1) is 5.92 Å². The maximum atomic E-state index is 11.7. The largest absolute Gasteiger partial charge is 0.461 e. The molecule has 1 fully saturated rings. The van der Waals surface area contributed by atoms with E-state index in [1.54, 1.807) is 6.08 Å². The van der Waals surface area contributed by atoms with Crippen molar-refractivity contribution in [1.82, 2.24) is 0 Å². The van der Waals surface area contributed by atoms with Crippen LogP contribution < -0.4 is 0 Å². The molecule has 0 heterocycles. The lowest BCUT2D eigenvalue weighted by atomic mass is 9.84. The molecule has 0 radical (unpaired) electrons. The van der Waals surface area contributed by atoms with Crippen molar-refractivity contribution in [1.29, 1.82) is 0 Å². The summed E-state index contributed by atoms with van der Waals surface area (Å²) in [4.78, 5) is 11.7. The van der Waals surface area contributed by atoms with Crippen molar-refractivity contribution in [2.24, 2.45) is 23.7 Å². The fraction of sp³-hybridized carbons (Fsp3) is 0.583. The van der Waals surface area contributed by atoms with Crippen molar-refractivity contribution in [2.75, 3.05) is 6.61 Å². The minimum Gasteiger partial charge on any atom is -0.461 e. The number of allylic oxidation sites excluding steroid dienone is 2. The predicted molar refractivity (Wildman–Crippen MR) is 54.5 cm³/mol. The van der Waals surface area contributed by atoms with E-state index >= 15 is 0 Å². The van der Waals surface area contributed by atoms with Gasteiger partial charge in [-0.3, -0.25) is 4.79 Å². The summed E-state index contributed by atoms with van der Waals surface area (Å²) >= 11 is 0. The van der Waals surface area contributed by atoms with E-state index in [2.05, 4.69) is 25.7 Å². The van der Waals surface area contributed by atoms with Gasteiger partial charge in [-0.05, 0) is 24.2 Å². The zero-order valence-corrected chi connectivity index (χ0v) is 8.48. The van der Waals surface area contributed by atoms with E-state index in [-0.39, 0.29) is 11.9 Å². The van der Waals surface area contributed by atoms with Crippen molar-refractivity contribution < 1.29 is 9.53 Å².